The molecule has 21 heavy (non-hydrogen) atoms. The third kappa shape index (κ3) is 3.11. The summed E-state index contributed by atoms with van der Waals surface area (Å²) in [5.74, 6) is -0.195. The Morgan fingerprint density at radius 2 is 1.95 bits per heavy atom. The lowest BCUT2D eigenvalue weighted by molar-refractivity contribution is -0.122. The highest BCUT2D eigenvalue weighted by Crippen LogP contribution is 2.28. The molecule has 1 amide bonds. The number of hydrogen-bond donors (Lipinski definition) is 2. The van der Waals surface area contributed by atoms with Crippen LogP contribution in [-0.2, 0) is 14.8 Å². The van der Waals surface area contributed by atoms with E-state index in [2.05, 4.69) is 0 Å². The smallest absolute Gasteiger partial charge is 0.243 e. The molecule has 0 aromatic heterocycles. The summed E-state index contributed by atoms with van der Waals surface area (Å²) in [6.45, 7) is 0.559. The van der Waals surface area contributed by atoms with Gasteiger partial charge in [0.05, 0.1) is 17.7 Å². The van der Waals surface area contributed by atoms with E-state index in [1.54, 1.807) is 0 Å². The van der Waals surface area contributed by atoms with Crippen LogP contribution in [0.3, 0.4) is 0 Å². The lowest BCUT2D eigenvalue weighted by Crippen LogP contribution is -2.41. The number of methoxy groups -OCH3 is 1. The third-order valence-electron chi connectivity index (χ3n) is 3.70. The molecule has 1 aliphatic heterocycles. The number of nitrogen functional groups attached to an aromatic ring is 1. The van der Waals surface area contributed by atoms with Gasteiger partial charge in [0.15, 0.2) is 0 Å². The summed E-state index contributed by atoms with van der Waals surface area (Å²) in [5, 5.41) is 0. The van der Waals surface area contributed by atoms with E-state index in [0.29, 0.717) is 18.6 Å². The number of rotatable bonds is 4. The minimum atomic E-state index is -3.61. The SMILES string of the molecule is COc1ccc(S(=O)(=O)N2CCC(C(N)=O)CC2)cc1N. The Labute approximate surface area is 123 Å². The summed E-state index contributed by atoms with van der Waals surface area (Å²) in [6.07, 6.45) is 0.889. The first-order valence-electron chi connectivity index (χ1n) is 6.59. The number of piperidine rings is 1. The highest BCUT2D eigenvalue weighted by Gasteiger charge is 2.31. The average Bonchev–Trinajstić information content (AvgIpc) is 2.47. The Balaban J connectivity index is 2.19. The summed E-state index contributed by atoms with van der Waals surface area (Å²) in [5.41, 5.74) is 11.3. The van der Waals surface area contributed by atoms with Crippen molar-refractivity contribution in [3.05, 3.63) is 18.2 Å². The number of sulfonamides is 1. The lowest BCUT2D eigenvalue weighted by atomic mass is 9.98. The summed E-state index contributed by atoms with van der Waals surface area (Å²) in [6, 6.07) is 4.37. The predicted octanol–water partition coefficient (Wildman–Crippen LogP) is 0.163. The molecule has 8 heteroatoms. The molecule has 0 atom stereocenters. The number of nitrogens with zero attached hydrogens (tertiary/aromatic N) is 1. The largest absolute Gasteiger partial charge is 0.495 e. The molecule has 0 unspecified atom stereocenters. The molecule has 1 saturated heterocycles. The lowest BCUT2D eigenvalue weighted by Gasteiger charge is -2.29. The Kier molecular flexibility index (Phi) is 4.38. The van der Waals surface area contributed by atoms with Crippen LogP contribution in [0.1, 0.15) is 12.8 Å². The predicted molar refractivity (Wildman–Crippen MR) is 78.1 cm³/mol. The Bertz CT molecular complexity index is 637. The molecule has 0 spiro atoms. The van der Waals surface area contributed by atoms with Crippen molar-refractivity contribution in [3.8, 4) is 5.75 Å². The van der Waals surface area contributed by atoms with Crippen molar-refractivity contribution in [2.45, 2.75) is 17.7 Å². The van der Waals surface area contributed by atoms with Gasteiger partial charge >= 0.3 is 0 Å². The van der Waals surface area contributed by atoms with Crippen LogP contribution < -0.4 is 16.2 Å². The number of carbonyl (C=O) groups is 1. The molecule has 1 fully saturated rings. The van der Waals surface area contributed by atoms with E-state index in [4.69, 9.17) is 16.2 Å². The van der Waals surface area contributed by atoms with Gasteiger partial charge in [-0.15, -0.1) is 0 Å². The Morgan fingerprint density at radius 1 is 1.33 bits per heavy atom. The maximum atomic E-state index is 12.5. The van der Waals surface area contributed by atoms with Gasteiger partial charge < -0.3 is 16.2 Å². The van der Waals surface area contributed by atoms with Crippen LogP contribution in [0.25, 0.3) is 0 Å². The van der Waals surface area contributed by atoms with Gasteiger partial charge in [0.1, 0.15) is 5.75 Å². The van der Waals surface area contributed by atoms with Crippen LogP contribution in [0.15, 0.2) is 23.1 Å². The molecular weight excluding hydrogens is 294 g/mol. The van der Waals surface area contributed by atoms with E-state index < -0.39 is 10.0 Å². The van der Waals surface area contributed by atoms with E-state index >= 15 is 0 Å². The van der Waals surface area contributed by atoms with E-state index in [0.717, 1.165) is 0 Å². The molecule has 1 aromatic carbocycles. The number of anilines is 1. The standard InChI is InChI=1S/C13H19N3O4S/c1-20-12-3-2-10(8-11(12)14)21(18,19)16-6-4-9(5-7-16)13(15)17/h2-3,8-9H,4-7,14H2,1H3,(H2,15,17). The van der Waals surface area contributed by atoms with Gasteiger partial charge in [0.2, 0.25) is 15.9 Å². The number of amides is 1. The second-order valence-electron chi connectivity index (χ2n) is 4.98. The first-order valence-corrected chi connectivity index (χ1v) is 8.03. The fourth-order valence-corrected chi connectivity index (χ4v) is 3.91. The van der Waals surface area contributed by atoms with Gasteiger partial charge in [-0.1, -0.05) is 0 Å². The van der Waals surface area contributed by atoms with Crippen molar-refractivity contribution in [1.29, 1.82) is 0 Å². The monoisotopic (exact) mass is 313 g/mol. The van der Waals surface area contributed by atoms with Crippen molar-refractivity contribution < 1.29 is 17.9 Å². The molecule has 0 radical (unpaired) electrons. The number of nitrogens with two attached hydrogens (primary N) is 2. The fourth-order valence-electron chi connectivity index (χ4n) is 2.40. The number of benzene rings is 1. The highest BCUT2D eigenvalue weighted by atomic mass is 32.2. The van der Waals surface area contributed by atoms with Crippen LogP contribution >= 0.6 is 0 Å². The second kappa shape index (κ2) is 5.90. The van der Waals surface area contributed by atoms with Crippen molar-refractivity contribution in [2.75, 3.05) is 25.9 Å². The van der Waals surface area contributed by atoms with Crippen LogP contribution in [0.2, 0.25) is 0 Å². The maximum Gasteiger partial charge on any atom is 0.243 e. The van der Waals surface area contributed by atoms with Gasteiger partial charge in [-0.3, -0.25) is 4.79 Å². The minimum absolute atomic E-state index is 0.123. The van der Waals surface area contributed by atoms with Gasteiger partial charge in [0, 0.05) is 19.0 Å². The van der Waals surface area contributed by atoms with Gasteiger partial charge in [-0.05, 0) is 31.0 Å². The molecule has 1 aromatic rings. The number of primary amides is 1. The van der Waals surface area contributed by atoms with Crippen LogP contribution in [-0.4, -0.2) is 38.8 Å². The van der Waals surface area contributed by atoms with Gasteiger partial charge in [-0.25, -0.2) is 8.42 Å². The van der Waals surface area contributed by atoms with Crippen molar-refractivity contribution in [3.63, 3.8) is 0 Å². The van der Waals surface area contributed by atoms with E-state index in [1.807, 2.05) is 0 Å². The molecule has 4 N–H and O–H groups in total. The van der Waals surface area contributed by atoms with E-state index in [1.165, 1.54) is 29.6 Å². The topological polar surface area (TPSA) is 116 Å². The molecule has 1 aliphatic rings. The Morgan fingerprint density at radius 3 is 2.43 bits per heavy atom. The molecule has 2 rings (SSSR count). The number of hydrogen-bond acceptors (Lipinski definition) is 5. The van der Waals surface area contributed by atoms with Crippen LogP contribution in [0.5, 0.6) is 5.75 Å². The molecule has 1 heterocycles. The summed E-state index contributed by atoms with van der Waals surface area (Å²) in [4.78, 5) is 11.2. The van der Waals surface area contributed by atoms with E-state index in [9.17, 15) is 13.2 Å². The van der Waals surface area contributed by atoms with Crippen molar-refractivity contribution in [1.82, 2.24) is 4.31 Å². The van der Waals surface area contributed by atoms with Gasteiger partial charge in [-0.2, -0.15) is 4.31 Å². The first-order chi connectivity index (χ1) is 9.86. The second-order valence-corrected chi connectivity index (χ2v) is 6.92. The quantitative estimate of drug-likeness (QED) is 0.768. The van der Waals surface area contributed by atoms with Crippen molar-refractivity contribution >= 4 is 21.6 Å². The molecule has 0 saturated carbocycles. The molecular formula is C13H19N3O4S. The number of carbonyl (C=O) groups excluding carboxylic acids is 1. The molecule has 0 aliphatic carbocycles. The van der Waals surface area contributed by atoms with E-state index in [-0.39, 0.29) is 35.5 Å². The van der Waals surface area contributed by atoms with Crippen LogP contribution in [0.4, 0.5) is 5.69 Å². The third-order valence-corrected chi connectivity index (χ3v) is 5.59. The zero-order valence-corrected chi connectivity index (χ0v) is 12.6. The summed E-state index contributed by atoms with van der Waals surface area (Å²) >= 11 is 0. The molecule has 7 nitrogen and oxygen atoms in total. The first kappa shape index (κ1) is 15.6. The zero-order chi connectivity index (χ0) is 15.6. The van der Waals surface area contributed by atoms with Gasteiger partial charge in [0.25, 0.3) is 0 Å². The van der Waals surface area contributed by atoms with Crippen molar-refractivity contribution in [2.24, 2.45) is 11.7 Å². The minimum Gasteiger partial charge on any atom is -0.495 e. The number of ether oxygens (including phenoxy) is 1. The normalized spacial score (nSPS) is 17.6. The fraction of sp³-hybridized carbons (Fsp3) is 0.462. The van der Waals surface area contributed by atoms with Crippen LogP contribution in [0, 0.1) is 5.92 Å². The average molecular weight is 313 g/mol. The molecule has 0 bridgehead atoms. The zero-order valence-electron chi connectivity index (χ0n) is 11.8. The highest BCUT2D eigenvalue weighted by molar-refractivity contribution is 7.89. The molecule has 116 valence electrons. The summed E-state index contributed by atoms with van der Waals surface area (Å²) in [7, 11) is -2.15. The Hall–Kier alpha value is -1.80. The maximum absolute atomic E-state index is 12.5. The summed E-state index contributed by atoms with van der Waals surface area (Å²) < 4.78 is 31.4.